The first-order chi connectivity index (χ1) is 9.72. The number of aromatic nitrogens is 2. The number of halogens is 1. The highest BCUT2D eigenvalue weighted by atomic mass is 127. The lowest BCUT2D eigenvalue weighted by atomic mass is 10.1. The number of aryl methyl sites for hydroxylation is 1. The Morgan fingerprint density at radius 3 is 2.67 bits per heavy atom. The van der Waals surface area contributed by atoms with Gasteiger partial charge in [-0.1, -0.05) is 39.0 Å². The van der Waals surface area contributed by atoms with Gasteiger partial charge in [0.05, 0.1) is 6.20 Å². The molecule has 3 N–H and O–H groups in total. The predicted molar refractivity (Wildman–Crippen MR) is 100 cm³/mol. The standard InChI is InChI=1S/C15H29N5.HI/c1-3-4-5-6-7-8-10-17-15(16)18-11-9-14-12-19-20(2)13-14;/h12-13H,3-11H2,1-2H3,(H3,16,17,18);1H. The van der Waals surface area contributed by atoms with Gasteiger partial charge in [-0.2, -0.15) is 5.10 Å². The van der Waals surface area contributed by atoms with Crippen LogP contribution in [0, 0.1) is 0 Å². The van der Waals surface area contributed by atoms with Crippen LogP contribution in [0.5, 0.6) is 0 Å². The first-order valence-corrected chi connectivity index (χ1v) is 7.73. The number of aliphatic imine (C=N–C) groups is 1. The van der Waals surface area contributed by atoms with Crippen LogP contribution >= 0.6 is 24.0 Å². The van der Waals surface area contributed by atoms with Crippen molar-refractivity contribution in [1.82, 2.24) is 15.1 Å². The zero-order chi connectivity index (χ0) is 14.6. The van der Waals surface area contributed by atoms with Crippen molar-refractivity contribution >= 4 is 29.9 Å². The third kappa shape index (κ3) is 10.6. The van der Waals surface area contributed by atoms with Crippen LogP contribution in [0.1, 0.15) is 51.0 Å². The molecule has 1 aromatic heterocycles. The second kappa shape index (κ2) is 12.9. The topological polar surface area (TPSA) is 68.2 Å². The Bertz CT molecular complexity index is 389. The Morgan fingerprint density at radius 2 is 2.00 bits per heavy atom. The van der Waals surface area contributed by atoms with E-state index in [1.807, 2.05) is 24.1 Å². The number of nitrogens with two attached hydrogens (primary N) is 1. The van der Waals surface area contributed by atoms with Gasteiger partial charge in [-0.25, -0.2) is 0 Å². The zero-order valence-electron chi connectivity index (χ0n) is 13.3. The molecule has 0 bridgehead atoms. The summed E-state index contributed by atoms with van der Waals surface area (Å²) >= 11 is 0. The quantitative estimate of drug-likeness (QED) is 0.271. The molecule has 0 aliphatic carbocycles. The van der Waals surface area contributed by atoms with Gasteiger partial charge >= 0.3 is 0 Å². The van der Waals surface area contributed by atoms with Crippen LogP contribution < -0.4 is 11.1 Å². The van der Waals surface area contributed by atoms with Gasteiger partial charge in [-0.05, 0) is 18.4 Å². The number of nitrogens with zero attached hydrogens (tertiary/aromatic N) is 3. The highest BCUT2D eigenvalue weighted by molar-refractivity contribution is 14.0. The Kier molecular flexibility index (Phi) is 12.4. The first kappa shape index (κ1) is 20.2. The summed E-state index contributed by atoms with van der Waals surface area (Å²) in [4.78, 5) is 4.34. The van der Waals surface area contributed by atoms with Crippen LogP contribution in [0.25, 0.3) is 0 Å². The van der Waals surface area contributed by atoms with E-state index in [9.17, 15) is 0 Å². The third-order valence-electron chi connectivity index (χ3n) is 3.27. The molecular formula is C15H30IN5. The van der Waals surface area contributed by atoms with Gasteiger partial charge in [0.2, 0.25) is 0 Å². The number of hydrogen-bond donors (Lipinski definition) is 2. The van der Waals surface area contributed by atoms with Crippen LogP contribution in [-0.2, 0) is 13.5 Å². The molecule has 1 rings (SSSR count). The Balaban J connectivity index is 0.00000400. The predicted octanol–water partition coefficient (Wildman–Crippen LogP) is 2.85. The van der Waals surface area contributed by atoms with Gasteiger partial charge in [0.25, 0.3) is 0 Å². The summed E-state index contributed by atoms with van der Waals surface area (Å²) in [5, 5.41) is 7.28. The first-order valence-electron chi connectivity index (χ1n) is 7.73. The Labute approximate surface area is 145 Å². The van der Waals surface area contributed by atoms with E-state index >= 15 is 0 Å². The van der Waals surface area contributed by atoms with Crippen molar-refractivity contribution in [2.24, 2.45) is 17.8 Å². The van der Waals surface area contributed by atoms with Gasteiger partial charge < -0.3 is 11.1 Å². The second-order valence-corrected chi connectivity index (χ2v) is 5.23. The molecule has 0 unspecified atom stereocenters. The van der Waals surface area contributed by atoms with Gasteiger partial charge in [-0.15, -0.1) is 24.0 Å². The number of rotatable bonds is 10. The van der Waals surface area contributed by atoms with Crippen LogP contribution in [0.4, 0.5) is 0 Å². The van der Waals surface area contributed by atoms with Crippen LogP contribution in [0.2, 0.25) is 0 Å². The average Bonchev–Trinajstić information content (AvgIpc) is 2.83. The van der Waals surface area contributed by atoms with E-state index in [-0.39, 0.29) is 24.0 Å². The highest BCUT2D eigenvalue weighted by Gasteiger charge is 1.97. The third-order valence-corrected chi connectivity index (χ3v) is 3.27. The van der Waals surface area contributed by atoms with Gasteiger partial charge in [-0.3, -0.25) is 9.67 Å². The lowest BCUT2D eigenvalue weighted by molar-refractivity contribution is 0.611. The smallest absolute Gasteiger partial charge is 0.188 e. The summed E-state index contributed by atoms with van der Waals surface area (Å²) in [6.45, 7) is 3.87. The molecule has 0 saturated heterocycles. The SMILES string of the molecule is CCCCCCCCN=C(N)NCCc1cnn(C)c1.I. The van der Waals surface area contributed by atoms with E-state index < -0.39 is 0 Å². The fourth-order valence-electron chi connectivity index (χ4n) is 2.08. The van der Waals surface area contributed by atoms with Crippen molar-refractivity contribution in [3.8, 4) is 0 Å². The van der Waals surface area contributed by atoms with E-state index in [0.29, 0.717) is 5.96 Å². The van der Waals surface area contributed by atoms with Crippen molar-refractivity contribution in [2.75, 3.05) is 13.1 Å². The molecule has 6 heteroatoms. The lowest BCUT2D eigenvalue weighted by Gasteiger charge is -2.04. The summed E-state index contributed by atoms with van der Waals surface area (Å²) in [7, 11) is 1.92. The van der Waals surface area contributed by atoms with Crippen LogP contribution in [0.15, 0.2) is 17.4 Å². The maximum absolute atomic E-state index is 5.82. The molecule has 0 aliphatic rings. The van der Waals surface area contributed by atoms with Gasteiger partial charge in [0, 0.05) is 26.3 Å². The largest absolute Gasteiger partial charge is 0.370 e. The van der Waals surface area contributed by atoms with Crippen molar-refractivity contribution in [3.05, 3.63) is 18.0 Å². The monoisotopic (exact) mass is 407 g/mol. The van der Waals surface area contributed by atoms with E-state index in [2.05, 4.69) is 22.3 Å². The van der Waals surface area contributed by atoms with Crippen LogP contribution in [0.3, 0.4) is 0 Å². The van der Waals surface area contributed by atoms with Crippen molar-refractivity contribution in [3.63, 3.8) is 0 Å². The fraction of sp³-hybridized carbons (Fsp3) is 0.733. The normalized spacial score (nSPS) is 11.2. The summed E-state index contributed by atoms with van der Waals surface area (Å²) in [6.07, 6.45) is 12.5. The van der Waals surface area contributed by atoms with Crippen LogP contribution in [-0.4, -0.2) is 28.8 Å². The summed E-state index contributed by atoms with van der Waals surface area (Å²) < 4.78 is 1.81. The number of unbranched alkanes of at least 4 members (excludes halogenated alkanes) is 5. The maximum atomic E-state index is 5.82. The molecule has 0 amide bonds. The Hall–Kier alpha value is -0.790. The van der Waals surface area contributed by atoms with Gasteiger partial charge in [0.1, 0.15) is 0 Å². The highest BCUT2D eigenvalue weighted by Crippen LogP contribution is 2.04. The number of nitrogens with one attached hydrogen (secondary N) is 1. The second-order valence-electron chi connectivity index (χ2n) is 5.23. The number of guanidine groups is 1. The molecule has 0 spiro atoms. The molecule has 0 atom stereocenters. The van der Waals surface area contributed by atoms with E-state index in [0.717, 1.165) is 25.9 Å². The molecule has 0 aromatic carbocycles. The van der Waals surface area contributed by atoms with E-state index in [4.69, 9.17) is 5.73 Å². The van der Waals surface area contributed by atoms with Crippen molar-refractivity contribution in [1.29, 1.82) is 0 Å². The van der Waals surface area contributed by atoms with Crippen molar-refractivity contribution < 1.29 is 0 Å². The minimum Gasteiger partial charge on any atom is -0.370 e. The van der Waals surface area contributed by atoms with Crippen molar-refractivity contribution in [2.45, 2.75) is 51.9 Å². The molecule has 0 radical (unpaired) electrons. The van der Waals surface area contributed by atoms with E-state index in [1.54, 1.807) is 0 Å². The fourth-order valence-corrected chi connectivity index (χ4v) is 2.08. The van der Waals surface area contributed by atoms with E-state index in [1.165, 1.54) is 37.7 Å². The minimum absolute atomic E-state index is 0. The lowest BCUT2D eigenvalue weighted by Crippen LogP contribution is -2.33. The van der Waals surface area contributed by atoms with Gasteiger partial charge in [0.15, 0.2) is 5.96 Å². The minimum atomic E-state index is 0. The molecule has 1 aromatic rings. The Morgan fingerprint density at radius 1 is 1.29 bits per heavy atom. The molecule has 5 nitrogen and oxygen atoms in total. The summed E-state index contributed by atoms with van der Waals surface area (Å²) in [5.41, 5.74) is 7.04. The zero-order valence-corrected chi connectivity index (χ0v) is 15.7. The molecule has 0 fully saturated rings. The maximum Gasteiger partial charge on any atom is 0.188 e. The number of hydrogen-bond acceptors (Lipinski definition) is 2. The molecular weight excluding hydrogens is 377 g/mol. The molecule has 0 saturated carbocycles. The molecule has 122 valence electrons. The summed E-state index contributed by atoms with van der Waals surface area (Å²) in [5.74, 6) is 0.558. The average molecular weight is 407 g/mol. The summed E-state index contributed by atoms with van der Waals surface area (Å²) in [6, 6.07) is 0. The molecule has 1 heterocycles. The molecule has 0 aliphatic heterocycles. The molecule has 21 heavy (non-hydrogen) atoms.